The number of carbonyl (C=O) groups is 1. The number of amides is 1. The molecular formula is C15H16ClN3O4S2. The van der Waals surface area contributed by atoms with Gasteiger partial charge in [0.2, 0.25) is 11.8 Å². The lowest BCUT2D eigenvalue weighted by molar-refractivity contribution is -0.118. The van der Waals surface area contributed by atoms with E-state index in [1.807, 2.05) is 18.2 Å². The molecule has 7 nitrogen and oxygen atoms in total. The van der Waals surface area contributed by atoms with Crippen molar-refractivity contribution >= 4 is 39.1 Å². The minimum Gasteiger partial charge on any atom is -0.416 e. The molecule has 25 heavy (non-hydrogen) atoms. The van der Waals surface area contributed by atoms with Crippen molar-refractivity contribution in [2.75, 3.05) is 17.3 Å². The van der Waals surface area contributed by atoms with Gasteiger partial charge in [-0.1, -0.05) is 41.6 Å². The third-order valence-corrected chi connectivity index (χ3v) is 6.72. The van der Waals surface area contributed by atoms with E-state index in [9.17, 15) is 13.2 Å². The summed E-state index contributed by atoms with van der Waals surface area (Å²) in [6.07, 6.45) is 0.493. The fourth-order valence-electron chi connectivity index (χ4n) is 2.45. The number of hydrogen-bond donors (Lipinski definition) is 1. The van der Waals surface area contributed by atoms with Gasteiger partial charge in [-0.3, -0.25) is 4.79 Å². The summed E-state index contributed by atoms with van der Waals surface area (Å²) in [5.74, 6) is 0.189. The van der Waals surface area contributed by atoms with Crippen molar-refractivity contribution in [3.05, 3.63) is 40.7 Å². The third-order valence-electron chi connectivity index (χ3n) is 3.76. The van der Waals surface area contributed by atoms with Crippen molar-refractivity contribution in [2.24, 2.45) is 0 Å². The molecule has 1 fully saturated rings. The molecular weight excluding hydrogens is 386 g/mol. The first-order valence-electron chi connectivity index (χ1n) is 7.60. The number of halogens is 1. The van der Waals surface area contributed by atoms with Crippen LogP contribution >= 0.6 is 23.4 Å². The second-order valence-electron chi connectivity index (χ2n) is 5.66. The zero-order valence-corrected chi connectivity index (χ0v) is 15.5. The van der Waals surface area contributed by atoms with Crippen molar-refractivity contribution in [3.8, 4) is 0 Å². The van der Waals surface area contributed by atoms with Gasteiger partial charge in [0, 0.05) is 11.6 Å². The Morgan fingerprint density at radius 2 is 2.16 bits per heavy atom. The molecule has 0 aliphatic carbocycles. The first-order valence-corrected chi connectivity index (χ1v) is 10.8. The average molecular weight is 402 g/mol. The molecule has 1 aliphatic heterocycles. The quantitative estimate of drug-likeness (QED) is 0.738. The van der Waals surface area contributed by atoms with E-state index in [0.717, 1.165) is 17.3 Å². The third kappa shape index (κ3) is 4.96. The van der Waals surface area contributed by atoms with E-state index in [1.165, 1.54) is 0 Å². The van der Waals surface area contributed by atoms with Crippen LogP contribution in [0.3, 0.4) is 0 Å². The van der Waals surface area contributed by atoms with Crippen molar-refractivity contribution in [3.63, 3.8) is 0 Å². The number of nitrogens with one attached hydrogen (secondary N) is 1. The normalized spacial score (nSPS) is 19.0. The highest BCUT2D eigenvalue weighted by molar-refractivity contribution is 7.99. The van der Waals surface area contributed by atoms with Crippen LogP contribution in [0.25, 0.3) is 0 Å². The van der Waals surface area contributed by atoms with Gasteiger partial charge in [-0.25, -0.2) is 8.42 Å². The Balaban J connectivity index is 1.47. The van der Waals surface area contributed by atoms with Gasteiger partial charge < -0.3 is 9.73 Å². The lowest BCUT2D eigenvalue weighted by Crippen LogP contribution is -2.24. The molecule has 2 aromatic rings. The van der Waals surface area contributed by atoms with Crippen molar-refractivity contribution in [1.29, 1.82) is 0 Å². The van der Waals surface area contributed by atoms with E-state index in [-0.39, 0.29) is 34.3 Å². The molecule has 3 rings (SSSR count). The molecule has 2 heterocycles. The van der Waals surface area contributed by atoms with Crippen LogP contribution in [0.4, 0.5) is 0 Å². The summed E-state index contributed by atoms with van der Waals surface area (Å²) in [6, 6.07) is 7.29. The standard InChI is InChI=1S/C15H16ClN3O4S2/c16-12-4-2-1-3-10(12)7-17-13(20)8-24-15-19-18-14(23-15)11-5-6-25(21,22)9-11/h1-4,11H,5-9H2,(H,17,20)/t11-/m0/s1. The number of sulfone groups is 1. The first-order chi connectivity index (χ1) is 11.9. The van der Waals surface area contributed by atoms with Crippen LogP contribution < -0.4 is 5.32 Å². The Hall–Kier alpha value is -1.58. The molecule has 1 saturated heterocycles. The van der Waals surface area contributed by atoms with E-state index in [4.69, 9.17) is 16.0 Å². The summed E-state index contributed by atoms with van der Waals surface area (Å²) in [7, 11) is -3.01. The number of aromatic nitrogens is 2. The van der Waals surface area contributed by atoms with Crippen LogP contribution in [0.15, 0.2) is 33.9 Å². The van der Waals surface area contributed by atoms with E-state index >= 15 is 0 Å². The van der Waals surface area contributed by atoms with Gasteiger partial charge >= 0.3 is 0 Å². The number of carbonyl (C=O) groups excluding carboxylic acids is 1. The fraction of sp³-hybridized carbons (Fsp3) is 0.400. The zero-order chi connectivity index (χ0) is 17.9. The van der Waals surface area contributed by atoms with E-state index in [2.05, 4.69) is 15.5 Å². The van der Waals surface area contributed by atoms with Gasteiger partial charge in [0.1, 0.15) is 0 Å². The van der Waals surface area contributed by atoms with Gasteiger partial charge in [-0.2, -0.15) is 0 Å². The molecule has 1 amide bonds. The second-order valence-corrected chi connectivity index (χ2v) is 9.23. The molecule has 134 valence electrons. The monoisotopic (exact) mass is 401 g/mol. The minimum atomic E-state index is -3.01. The number of hydrogen-bond acceptors (Lipinski definition) is 7. The summed E-state index contributed by atoms with van der Waals surface area (Å²) in [5, 5.41) is 11.4. The van der Waals surface area contributed by atoms with Crippen molar-refractivity contribution in [2.45, 2.75) is 24.1 Å². The topological polar surface area (TPSA) is 102 Å². The predicted molar refractivity (Wildman–Crippen MR) is 94.3 cm³/mol. The Labute approximate surface area is 154 Å². The number of rotatable bonds is 6. The summed E-state index contributed by atoms with van der Waals surface area (Å²) in [4.78, 5) is 11.9. The lowest BCUT2D eigenvalue weighted by atomic mass is 10.1. The van der Waals surface area contributed by atoms with Crippen LogP contribution in [0.1, 0.15) is 23.8 Å². The van der Waals surface area contributed by atoms with Gasteiger partial charge in [0.05, 0.1) is 23.2 Å². The number of thioether (sulfide) groups is 1. The summed E-state index contributed by atoms with van der Waals surface area (Å²) >= 11 is 7.15. The fourth-order valence-corrected chi connectivity index (χ4v) is 4.98. The van der Waals surface area contributed by atoms with Gasteiger partial charge in [0.15, 0.2) is 9.84 Å². The van der Waals surface area contributed by atoms with Crippen molar-refractivity contribution < 1.29 is 17.6 Å². The first kappa shape index (κ1) is 18.2. The van der Waals surface area contributed by atoms with Crippen LogP contribution in [-0.4, -0.2) is 41.8 Å². The van der Waals surface area contributed by atoms with Gasteiger partial charge in [-0.05, 0) is 18.1 Å². The smallest absolute Gasteiger partial charge is 0.277 e. The van der Waals surface area contributed by atoms with Gasteiger partial charge in [0.25, 0.3) is 5.22 Å². The van der Waals surface area contributed by atoms with Crippen LogP contribution in [0.5, 0.6) is 0 Å². The molecule has 1 atom stereocenters. The minimum absolute atomic E-state index is 0.0393. The molecule has 1 aromatic carbocycles. The molecule has 0 spiro atoms. The highest BCUT2D eigenvalue weighted by Crippen LogP contribution is 2.29. The van der Waals surface area contributed by atoms with E-state index in [1.54, 1.807) is 6.07 Å². The number of nitrogens with zero attached hydrogens (tertiary/aromatic N) is 2. The lowest BCUT2D eigenvalue weighted by Gasteiger charge is -2.05. The maximum absolute atomic E-state index is 11.9. The largest absolute Gasteiger partial charge is 0.416 e. The molecule has 10 heteroatoms. The molecule has 0 bridgehead atoms. The summed E-state index contributed by atoms with van der Waals surface area (Å²) in [6.45, 7) is 0.341. The van der Waals surface area contributed by atoms with E-state index in [0.29, 0.717) is 23.9 Å². The predicted octanol–water partition coefficient (Wildman–Crippen LogP) is 2.03. The maximum Gasteiger partial charge on any atom is 0.277 e. The SMILES string of the molecule is O=C(CSc1nnc([C@H]2CCS(=O)(=O)C2)o1)NCc1ccccc1Cl. The Kier molecular flexibility index (Phi) is 5.65. The van der Waals surface area contributed by atoms with Crippen LogP contribution in [0.2, 0.25) is 5.02 Å². The van der Waals surface area contributed by atoms with Gasteiger partial charge in [-0.15, -0.1) is 10.2 Å². The maximum atomic E-state index is 11.9. The molecule has 1 aliphatic rings. The second kappa shape index (κ2) is 7.76. The Morgan fingerprint density at radius 1 is 1.36 bits per heavy atom. The van der Waals surface area contributed by atoms with Crippen LogP contribution in [0, 0.1) is 0 Å². The molecule has 0 unspecified atom stereocenters. The van der Waals surface area contributed by atoms with E-state index < -0.39 is 9.84 Å². The molecule has 0 radical (unpaired) electrons. The molecule has 1 N–H and O–H groups in total. The average Bonchev–Trinajstić information content (AvgIpc) is 3.18. The Bertz CT molecular complexity index is 869. The molecule has 1 aromatic heterocycles. The number of benzene rings is 1. The highest BCUT2D eigenvalue weighted by atomic mass is 35.5. The summed E-state index contributed by atoms with van der Waals surface area (Å²) < 4.78 is 28.5. The summed E-state index contributed by atoms with van der Waals surface area (Å²) in [5.41, 5.74) is 0.838. The van der Waals surface area contributed by atoms with Crippen LogP contribution in [-0.2, 0) is 21.2 Å². The molecule has 0 saturated carbocycles. The van der Waals surface area contributed by atoms with Crippen molar-refractivity contribution in [1.82, 2.24) is 15.5 Å². The Morgan fingerprint density at radius 3 is 2.88 bits per heavy atom. The zero-order valence-electron chi connectivity index (χ0n) is 13.1. The highest BCUT2D eigenvalue weighted by Gasteiger charge is 2.32.